The van der Waals surface area contributed by atoms with Crippen LogP contribution in [0.4, 0.5) is 0 Å². The van der Waals surface area contributed by atoms with Crippen molar-refractivity contribution in [2.45, 2.75) is 19.4 Å². The molecular weight excluding hydrogens is 238 g/mol. The molecule has 1 N–H and O–H groups in total. The molecule has 1 aromatic carbocycles. The zero-order valence-corrected chi connectivity index (χ0v) is 11.6. The number of nitrogens with one attached hydrogen (secondary N) is 1. The number of ether oxygens (including phenoxy) is 1. The van der Waals surface area contributed by atoms with Gasteiger partial charge in [-0.05, 0) is 24.1 Å². The highest BCUT2D eigenvalue weighted by Gasteiger charge is 2.24. The molecule has 0 aromatic heterocycles. The zero-order valence-electron chi connectivity index (χ0n) is 11.6. The van der Waals surface area contributed by atoms with Crippen molar-refractivity contribution >= 4 is 5.84 Å². The van der Waals surface area contributed by atoms with Crippen LogP contribution in [0.15, 0.2) is 18.2 Å². The number of likely N-dealkylation sites (N-methyl/N-ethyl adjacent to an activating group) is 1. The van der Waals surface area contributed by atoms with Gasteiger partial charge in [0.15, 0.2) is 0 Å². The fraction of sp³-hybridized carbons (Fsp3) is 0.533. The van der Waals surface area contributed by atoms with Crippen LogP contribution in [0.25, 0.3) is 0 Å². The molecule has 0 spiro atoms. The highest BCUT2D eigenvalue weighted by atomic mass is 16.5. The minimum absolute atomic E-state index is 0.337. The summed E-state index contributed by atoms with van der Waals surface area (Å²) in [6.07, 6.45) is 1.03. The average Bonchev–Trinajstić information content (AvgIpc) is 2.88. The van der Waals surface area contributed by atoms with E-state index in [4.69, 9.17) is 10.1 Å². The van der Waals surface area contributed by atoms with Gasteiger partial charge in [0.25, 0.3) is 0 Å². The standard InChI is InChI=1S/C15H21N3O/c1-11(18-7-6-17(2)15(16)10-18)13-4-3-12-5-8-19-14(12)9-13/h3-4,9,11,16H,5-8,10H2,1-2H3. The van der Waals surface area contributed by atoms with E-state index in [0.29, 0.717) is 11.9 Å². The molecule has 4 nitrogen and oxygen atoms in total. The smallest absolute Gasteiger partial charge is 0.122 e. The molecule has 3 rings (SSSR count). The minimum Gasteiger partial charge on any atom is -0.493 e. The summed E-state index contributed by atoms with van der Waals surface area (Å²) < 4.78 is 5.65. The number of piperazine rings is 1. The number of hydrogen-bond acceptors (Lipinski definition) is 3. The number of amidine groups is 1. The average molecular weight is 259 g/mol. The monoisotopic (exact) mass is 259 g/mol. The third-order valence-corrected chi connectivity index (χ3v) is 4.29. The first-order chi connectivity index (χ1) is 9.15. The van der Waals surface area contributed by atoms with Gasteiger partial charge in [0.05, 0.1) is 13.2 Å². The molecule has 4 heteroatoms. The molecule has 1 aromatic rings. The Morgan fingerprint density at radius 3 is 2.95 bits per heavy atom. The first-order valence-corrected chi connectivity index (χ1v) is 6.93. The fourth-order valence-electron chi connectivity index (χ4n) is 2.79. The first kappa shape index (κ1) is 12.5. The maximum Gasteiger partial charge on any atom is 0.122 e. The summed E-state index contributed by atoms with van der Waals surface area (Å²) in [5, 5.41) is 7.96. The van der Waals surface area contributed by atoms with Crippen molar-refractivity contribution in [1.82, 2.24) is 9.80 Å². The number of nitrogens with zero attached hydrogens (tertiary/aromatic N) is 2. The number of rotatable bonds is 2. The van der Waals surface area contributed by atoms with Gasteiger partial charge in [-0.25, -0.2) is 0 Å². The van der Waals surface area contributed by atoms with E-state index in [9.17, 15) is 0 Å². The Bertz CT molecular complexity index is 500. The predicted molar refractivity (Wildman–Crippen MR) is 76.0 cm³/mol. The topological polar surface area (TPSA) is 39.6 Å². The molecule has 1 unspecified atom stereocenters. The summed E-state index contributed by atoms with van der Waals surface area (Å²) in [6.45, 7) is 5.71. The van der Waals surface area contributed by atoms with Gasteiger partial charge in [0, 0.05) is 32.6 Å². The summed E-state index contributed by atoms with van der Waals surface area (Å²) >= 11 is 0. The van der Waals surface area contributed by atoms with Gasteiger partial charge < -0.3 is 9.64 Å². The summed E-state index contributed by atoms with van der Waals surface area (Å²) in [6, 6.07) is 6.91. The van der Waals surface area contributed by atoms with Crippen LogP contribution in [0.1, 0.15) is 24.1 Å². The maximum absolute atomic E-state index is 7.96. The molecule has 1 atom stereocenters. The van der Waals surface area contributed by atoms with Gasteiger partial charge in [-0.3, -0.25) is 10.3 Å². The van der Waals surface area contributed by atoms with Crippen molar-refractivity contribution in [2.24, 2.45) is 0 Å². The van der Waals surface area contributed by atoms with Crippen LogP contribution in [0.2, 0.25) is 0 Å². The molecule has 0 aliphatic carbocycles. The fourth-order valence-corrected chi connectivity index (χ4v) is 2.79. The molecule has 102 valence electrons. The number of hydrogen-bond donors (Lipinski definition) is 1. The third-order valence-electron chi connectivity index (χ3n) is 4.29. The lowest BCUT2D eigenvalue weighted by Gasteiger charge is -2.37. The second-order valence-corrected chi connectivity index (χ2v) is 5.48. The lowest BCUT2D eigenvalue weighted by molar-refractivity contribution is 0.193. The van der Waals surface area contributed by atoms with Crippen LogP contribution in [0.5, 0.6) is 5.75 Å². The molecule has 2 heterocycles. The van der Waals surface area contributed by atoms with Crippen LogP contribution < -0.4 is 4.74 Å². The number of fused-ring (bicyclic) bond motifs is 1. The Morgan fingerprint density at radius 1 is 1.32 bits per heavy atom. The molecule has 0 amide bonds. The van der Waals surface area contributed by atoms with E-state index >= 15 is 0 Å². The zero-order chi connectivity index (χ0) is 13.4. The van der Waals surface area contributed by atoms with E-state index in [1.54, 1.807) is 0 Å². The van der Waals surface area contributed by atoms with Crippen molar-refractivity contribution in [3.8, 4) is 5.75 Å². The Morgan fingerprint density at radius 2 is 2.16 bits per heavy atom. The summed E-state index contributed by atoms with van der Waals surface area (Å²) in [5.74, 6) is 1.75. The summed E-state index contributed by atoms with van der Waals surface area (Å²) in [7, 11) is 1.99. The molecule has 0 bridgehead atoms. The van der Waals surface area contributed by atoms with Gasteiger partial charge in [0.2, 0.25) is 0 Å². The minimum atomic E-state index is 0.337. The second kappa shape index (κ2) is 4.85. The quantitative estimate of drug-likeness (QED) is 0.882. The van der Waals surface area contributed by atoms with Crippen molar-refractivity contribution in [1.29, 1.82) is 5.41 Å². The Balaban J connectivity index is 1.76. The van der Waals surface area contributed by atoms with Crippen LogP contribution in [-0.4, -0.2) is 48.9 Å². The molecule has 2 aliphatic heterocycles. The third kappa shape index (κ3) is 2.32. The van der Waals surface area contributed by atoms with Crippen LogP contribution in [0, 0.1) is 5.41 Å². The van der Waals surface area contributed by atoms with E-state index in [-0.39, 0.29) is 0 Å². The highest BCUT2D eigenvalue weighted by molar-refractivity contribution is 5.81. The van der Waals surface area contributed by atoms with Crippen molar-refractivity contribution < 1.29 is 4.74 Å². The lowest BCUT2D eigenvalue weighted by atomic mass is 10.0. The van der Waals surface area contributed by atoms with Gasteiger partial charge in [-0.2, -0.15) is 0 Å². The Labute approximate surface area is 114 Å². The van der Waals surface area contributed by atoms with Crippen LogP contribution in [-0.2, 0) is 6.42 Å². The molecule has 1 saturated heterocycles. The molecule has 0 radical (unpaired) electrons. The first-order valence-electron chi connectivity index (χ1n) is 6.93. The van der Waals surface area contributed by atoms with E-state index in [0.717, 1.165) is 38.4 Å². The van der Waals surface area contributed by atoms with Crippen molar-refractivity contribution in [3.05, 3.63) is 29.3 Å². The van der Waals surface area contributed by atoms with E-state index in [1.807, 2.05) is 11.9 Å². The van der Waals surface area contributed by atoms with Gasteiger partial charge in [-0.1, -0.05) is 12.1 Å². The molecular formula is C15H21N3O. The molecule has 19 heavy (non-hydrogen) atoms. The van der Waals surface area contributed by atoms with E-state index < -0.39 is 0 Å². The Kier molecular flexibility index (Phi) is 3.19. The molecule has 2 aliphatic rings. The normalized spacial score (nSPS) is 21.2. The number of benzene rings is 1. The largest absolute Gasteiger partial charge is 0.493 e. The van der Waals surface area contributed by atoms with Gasteiger partial charge >= 0.3 is 0 Å². The highest BCUT2D eigenvalue weighted by Crippen LogP contribution is 2.30. The second-order valence-electron chi connectivity index (χ2n) is 5.48. The van der Waals surface area contributed by atoms with E-state index in [1.165, 1.54) is 11.1 Å². The SMILES string of the molecule is CC(c1ccc2c(c1)OCC2)N1CCN(C)C(=N)C1. The predicted octanol–water partition coefficient (Wildman–Crippen LogP) is 1.91. The lowest BCUT2D eigenvalue weighted by Crippen LogP contribution is -2.48. The summed E-state index contributed by atoms with van der Waals surface area (Å²) in [5.41, 5.74) is 2.61. The van der Waals surface area contributed by atoms with Gasteiger partial charge in [-0.15, -0.1) is 0 Å². The van der Waals surface area contributed by atoms with E-state index in [2.05, 4.69) is 30.0 Å². The molecule has 0 saturated carbocycles. The molecule has 1 fully saturated rings. The Hall–Kier alpha value is -1.55. The maximum atomic E-state index is 7.96. The van der Waals surface area contributed by atoms with Crippen LogP contribution >= 0.6 is 0 Å². The van der Waals surface area contributed by atoms with Crippen LogP contribution in [0.3, 0.4) is 0 Å². The van der Waals surface area contributed by atoms with Crippen molar-refractivity contribution in [3.63, 3.8) is 0 Å². The van der Waals surface area contributed by atoms with Crippen molar-refractivity contribution in [2.75, 3.05) is 33.3 Å². The summed E-state index contributed by atoms with van der Waals surface area (Å²) in [4.78, 5) is 4.38. The van der Waals surface area contributed by atoms with Gasteiger partial charge in [0.1, 0.15) is 11.6 Å².